The molecule has 126 valence electrons. The molecule has 2 heterocycles. The van der Waals surface area contributed by atoms with Crippen LogP contribution in [0.25, 0.3) is 16.6 Å². The van der Waals surface area contributed by atoms with E-state index in [1.54, 1.807) is 4.52 Å². The molecule has 4 aromatic rings. The molecular weight excluding hydrogens is 409 g/mol. The van der Waals surface area contributed by atoms with Crippen molar-refractivity contribution in [3.63, 3.8) is 0 Å². The molecule has 0 saturated carbocycles. The summed E-state index contributed by atoms with van der Waals surface area (Å²) in [7, 11) is 0. The molecule has 2 aromatic heterocycles. The van der Waals surface area contributed by atoms with Gasteiger partial charge in [-0.1, -0.05) is 27.5 Å². The normalized spacial score (nSPS) is 11.4. The molecule has 0 unspecified atom stereocenters. The summed E-state index contributed by atoms with van der Waals surface area (Å²) >= 11 is 9.51. The zero-order chi connectivity index (χ0) is 17.6. The number of hydrogen-bond donors (Lipinski definition) is 0. The molecule has 0 N–H and O–H groups in total. The molecule has 0 amide bonds. The maximum absolute atomic E-state index is 13.9. The molecule has 4 rings (SSSR count). The first-order chi connectivity index (χ1) is 12.1. The number of tetrazole rings is 1. The minimum absolute atomic E-state index is 0.305. The summed E-state index contributed by atoms with van der Waals surface area (Å²) in [4.78, 5) is 2.01. The zero-order valence-electron chi connectivity index (χ0n) is 13.1. The van der Waals surface area contributed by atoms with E-state index in [4.69, 9.17) is 11.6 Å². The third-order valence-electron chi connectivity index (χ3n) is 3.99. The van der Waals surface area contributed by atoms with Crippen LogP contribution in [0.5, 0.6) is 0 Å². The molecule has 0 radical (unpaired) electrons. The van der Waals surface area contributed by atoms with Crippen LogP contribution in [0.15, 0.2) is 46.9 Å². The van der Waals surface area contributed by atoms with Crippen molar-refractivity contribution in [1.29, 1.82) is 0 Å². The Kier molecular flexibility index (Phi) is 4.05. The Balaban J connectivity index is 2.02. The Morgan fingerprint density at radius 1 is 1.20 bits per heavy atom. The van der Waals surface area contributed by atoms with Crippen LogP contribution in [0.4, 0.5) is 15.8 Å². The molecule has 2 aromatic carbocycles. The van der Waals surface area contributed by atoms with Gasteiger partial charge in [0.05, 0.1) is 11.2 Å². The lowest BCUT2D eigenvalue weighted by Crippen LogP contribution is -2.17. The molecule has 0 aliphatic heterocycles. The fraction of sp³-hybridized carbons (Fsp3) is 0.118. The van der Waals surface area contributed by atoms with Crippen LogP contribution in [-0.4, -0.2) is 26.6 Å². The second kappa shape index (κ2) is 6.24. The number of rotatable bonds is 3. The topological polar surface area (TPSA) is 46.3 Å². The van der Waals surface area contributed by atoms with Gasteiger partial charge in [-0.2, -0.15) is 4.52 Å². The minimum Gasteiger partial charge on any atom is -0.341 e. The van der Waals surface area contributed by atoms with Crippen LogP contribution in [0.2, 0.25) is 5.02 Å². The van der Waals surface area contributed by atoms with Gasteiger partial charge in [-0.3, -0.25) is 0 Å². The van der Waals surface area contributed by atoms with E-state index in [0.717, 1.165) is 22.3 Å². The average Bonchev–Trinajstić information content (AvgIpc) is 3.03. The van der Waals surface area contributed by atoms with Crippen LogP contribution < -0.4 is 4.90 Å². The first-order valence-corrected chi connectivity index (χ1v) is 8.78. The van der Waals surface area contributed by atoms with E-state index in [1.165, 1.54) is 12.1 Å². The third-order valence-corrected chi connectivity index (χ3v) is 4.68. The van der Waals surface area contributed by atoms with E-state index in [1.807, 2.05) is 42.2 Å². The Labute approximate surface area is 156 Å². The number of pyridine rings is 1. The van der Waals surface area contributed by atoms with Crippen LogP contribution in [0, 0.1) is 5.82 Å². The molecule has 0 saturated heterocycles. The van der Waals surface area contributed by atoms with Crippen molar-refractivity contribution in [3.8, 4) is 0 Å². The van der Waals surface area contributed by atoms with Gasteiger partial charge in [0.15, 0.2) is 5.65 Å². The maximum atomic E-state index is 13.9. The lowest BCUT2D eigenvalue weighted by Gasteiger charge is -2.25. The van der Waals surface area contributed by atoms with Gasteiger partial charge in [-0.15, -0.1) is 5.10 Å². The van der Waals surface area contributed by atoms with Crippen molar-refractivity contribution in [2.75, 3.05) is 11.4 Å². The van der Waals surface area contributed by atoms with Crippen molar-refractivity contribution in [1.82, 2.24) is 20.0 Å². The van der Waals surface area contributed by atoms with Crippen molar-refractivity contribution < 1.29 is 4.39 Å². The fourth-order valence-corrected chi connectivity index (χ4v) is 3.58. The summed E-state index contributed by atoms with van der Waals surface area (Å²) in [5, 5.41) is 13.3. The van der Waals surface area contributed by atoms with Gasteiger partial charge < -0.3 is 4.90 Å². The largest absolute Gasteiger partial charge is 0.341 e. The van der Waals surface area contributed by atoms with Gasteiger partial charge in [0.25, 0.3) is 0 Å². The van der Waals surface area contributed by atoms with Gasteiger partial charge in [0, 0.05) is 33.2 Å². The van der Waals surface area contributed by atoms with Crippen molar-refractivity contribution >= 4 is 55.5 Å². The summed E-state index contributed by atoms with van der Waals surface area (Å²) in [6.07, 6.45) is 0. The van der Waals surface area contributed by atoms with Crippen molar-refractivity contribution in [2.45, 2.75) is 6.92 Å². The van der Waals surface area contributed by atoms with E-state index in [2.05, 4.69) is 31.5 Å². The summed E-state index contributed by atoms with van der Waals surface area (Å²) in [5.74, 6) is -0.305. The maximum Gasteiger partial charge on any atom is 0.182 e. The average molecular weight is 421 g/mol. The van der Waals surface area contributed by atoms with E-state index in [-0.39, 0.29) is 5.82 Å². The standard InChI is InChI=1S/C17H12BrClFN5/c1-2-24(13-6-10(18)5-12(20)8-13)15-9-17-21-22-23-25(17)16-7-11(19)3-4-14(15)16/h3-9H,2H2,1H3. The van der Waals surface area contributed by atoms with Crippen molar-refractivity contribution in [2.24, 2.45) is 0 Å². The number of aromatic nitrogens is 4. The molecule has 0 aliphatic carbocycles. The van der Waals surface area contributed by atoms with Crippen LogP contribution in [0.3, 0.4) is 0 Å². The third kappa shape index (κ3) is 2.83. The van der Waals surface area contributed by atoms with Gasteiger partial charge in [0.2, 0.25) is 0 Å². The summed E-state index contributed by atoms with van der Waals surface area (Å²) < 4.78 is 16.2. The highest BCUT2D eigenvalue weighted by Crippen LogP contribution is 2.35. The quantitative estimate of drug-likeness (QED) is 0.468. The summed E-state index contributed by atoms with van der Waals surface area (Å²) in [5.41, 5.74) is 3.01. The molecule has 0 bridgehead atoms. The van der Waals surface area contributed by atoms with Gasteiger partial charge in [-0.05, 0) is 53.7 Å². The van der Waals surface area contributed by atoms with Gasteiger partial charge in [0.1, 0.15) is 5.82 Å². The monoisotopic (exact) mass is 419 g/mol. The number of halogens is 3. The second-order valence-electron chi connectivity index (χ2n) is 5.51. The molecule has 8 heteroatoms. The Morgan fingerprint density at radius 2 is 2.04 bits per heavy atom. The number of hydrogen-bond acceptors (Lipinski definition) is 4. The Bertz CT molecular complexity index is 1080. The van der Waals surface area contributed by atoms with E-state index in [9.17, 15) is 4.39 Å². The number of benzene rings is 2. The molecule has 0 aliphatic rings. The van der Waals surface area contributed by atoms with Crippen molar-refractivity contribution in [3.05, 3.63) is 57.8 Å². The molecule has 5 nitrogen and oxygen atoms in total. The van der Waals surface area contributed by atoms with Crippen LogP contribution >= 0.6 is 27.5 Å². The predicted octanol–water partition coefficient (Wildman–Crippen LogP) is 4.99. The van der Waals surface area contributed by atoms with E-state index < -0.39 is 0 Å². The highest BCUT2D eigenvalue weighted by atomic mass is 79.9. The first-order valence-electron chi connectivity index (χ1n) is 7.61. The molecule has 0 fully saturated rings. The summed E-state index contributed by atoms with van der Waals surface area (Å²) in [6, 6.07) is 12.3. The zero-order valence-corrected chi connectivity index (χ0v) is 15.5. The molecule has 25 heavy (non-hydrogen) atoms. The predicted molar refractivity (Wildman–Crippen MR) is 100 cm³/mol. The second-order valence-corrected chi connectivity index (χ2v) is 6.86. The number of nitrogens with zero attached hydrogens (tertiary/aromatic N) is 5. The highest BCUT2D eigenvalue weighted by molar-refractivity contribution is 9.10. The Hall–Kier alpha value is -2.25. The summed E-state index contributed by atoms with van der Waals surface area (Å²) in [6.45, 7) is 2.65. The minimum atomic E-state index is -0.305. The molecular formula is C17H12BrClFN5. The van der Waals surface area contributed by atoms with Gasteiger partial charge >= 0.3 is 0 Å². The number of anilines is 2. The Morgan fingerprint density at radius 3 is 2.80 bits per heavy atom. The van der Waals surface area contributed by atoms with Gasteiger partial charge in [-0.25, -0.2) is 4.39 Å². The smallest absolute Gasteiger partial charge is 0.182 e. The lowest BCUT2D eigenvalue weighted by atomic mass is 10.1. The van der Waals surface area contributed by atoms with Crippen LogP contribution in [-0.2, 0) is 0 Å². The first kappa shape index (κ1) is 16.2. The van der Waals surface area contributed by atoms with Crippen LogP contribution in [0.1, 0.15) is 6.92 Å². The highest BCUT2D eigenvalue weighted by Gasteiger charge is 2.16. The lowest BCUT2D eigenvalue weighted by molar-refractivity contribution is 0.627. The molecule has 0 atom stereocenters. The van der Waals surface area contributed by atoms with E-state index >= 15 is 0 Å². The SMILES string of the molecule is CCN(c1cc(F)cc(Br)c1)c1cc2nnnn2c2cc(Cl)ccc12. The number of fused-ring (bicyclic) bond motifs is 3. The molecule has 0 spiro atoms. The van der Waals surface area contributed by atoms with E-state index in [0.29, 0.717) is 21.7 Å². The fourth-order valence-electron chi connectivity index (χ4n) is 2.96.